The summed E-state index contributed by atoms with van der Waals surface area (Å²) >= 11 is 0. The van der Waals surface area contributed by atoms with Crippen LogP contribution in [-0.2, 0) is 0 Å². The van der Waals surface area contributed by atoms with E-state index in [9.17, 15) is 22.8 Å². The van der Waals surface area contributed by atoms with E-state index in [0.717, 1.165) is 17.9 Å². The highest BCUT2D eigenvalue weighted by Crippen LogP contribution is 2.39. The van der Waals surface area contributed by atoms with Gasteiger partial charge in [-0.2, -0.15) is 18.2 Å². The third-order valence-corrected chi connectivity index (χ3v) is 6.10. The van der Waals surface area contributed by atoms with Crippen molar-refractivity contribution in [2.75, 3.05) is 28.2 Å². The average Bonchev–Trinajstić information content (AvgIpc) is 3.37. The van der Waals surface area contributed by atoms with Gasteiger partial charge in [0.1, 0.15) is 17.4 Å². The number of hydrogen-bond acceptors (Lipinski definition) is 6. The fraction of sp³-hybridized carbons (Fsp3) is 0.381. The summed E-state index contributed by atoms with van der Waals surface area (Å²) in [6.45, 7) is 4.02. The molecule has 10 nitrogen and oxygen atoms in total. The molecule has 3 N–H and O–H groups in total. The standard InChI is InChI=1S/C21H21F3N8O2/c1-10-7-25-16-13(10)8-26-19(29-16)30-20(34)32-12-5-6-31(9-12)15-4-3-14(28-17(15)32)18(33)27-11(2)21(22,23)24/h3-4,7-8,11-12H,5-6,9H2,1-2H3,(H,27,33)(H2,25,26,29,30,34)/t11?,12-/m0/s1. The number of urea groups is 1. The number of nitrogens with one attached hydrogen (secondary N) is 3. The van der Waals surface area contributed by atoms with Crippen molar-refractivity contribution in [3.05, 3.63) is 35.8 Å². The molecule has 178 valence electrons. The number of carbonyl (C=O) groups is 2. The molecule has 1 saturated heterocycles. The zero-order valence-corrected chi connectivity index (χ0v) is 18.3. The zero-order valence-electron chi connectivity index (χ0n) is 18.3. The number of anilines is 3. The van der Waals surface area contributed by atoms with Crippen molar-refractivity contribution in [2.45, 2.75) is 38.5 Å². The Morgan fingerprint density at radius 3 is 2.82 bits per heavy atom. The van der Waals surface area contributed by atoms with Crippen LogP contribution >= 0.6 is 0 Å². The number of nitrogens with zero attached hydrogens (tertiary/aromatic N) is 5. The van der Waals surface area contributed by atoms with Crippen LogP contribution < -0.4 is 20.4 Å². The summed E-state index contributed by atoms with van der Waals surface area (Å²) in [6.07, 6.45) is -0.520. The number of pyridine rings is 1. The third kappa shape index (κ3) is 3.76. The monoisotopic (exact) mass is 474 g/mol. The van der Waals surface area contributed by atoms with Gasteiger partial charge in [0, 0.05) is 30.9 Å². The Balaban J connectivity index is 1.43. The van der Waals surface area contributed by atoms with Crippen LogP contribution in [0.4, 0.5) is 35.4 Å². The van der Waals surface area contributed by atoms with Crippen LogP contribution in [0.3, 0.4) is 0 Å². The molecule has 2 aliphatic heterocycles. The second-order valence-electron chi connectivity index (χ2n) is 8.39. The summed E-state index contributed by atoms with van der Waals surface area (Å²) in [6, 6.07) is 0.159. The van der Waals surface area contributed by atoms with Gasteiger partial charge in [-0.1, -0.05) is 0 Å². The maximum absolute atomic E-state index is 13.3. The number of rotatable bonds is 3. The molecular weight excluding hydrogens is 453 g/mol. The number of H-pyrrole nitrogens is 1. The van der Waals surface area contributed by atoms with Crippen molar-refractivity contribution in [2.24, 2.45) is 0 Å². The Morgan fingerprint density at radius 1 is 1.26 bits per heavy atom. The summed E-state index contributed by atoms with van der Waals surface area (Å²) in [5, 5.41) is 5.41. The van der Waals surface area contributed by atoms with Crippen molar-refractivity contribution >= 4 is 40.4 Å². The van der Waals surface area contributed by atoms with E-state index in [1.54, 1.807) is 18.5 Å². The van der Waals surface area contributed by atoms with Crippen LogP contribution in [0, 0.1) is 6.92 Å². The highest BCUT2D eigenvalue weighted by atomic mass is 19.4. The molecule has 2 atom stereocenters. The number of aromatic amines is 1. The molecule has 0 aromatic carbocycles. The molecule has 3 amide bonds. The van der Waals surface area contributed by atoms with E-state index >= 15 is 0 Å². The van der Waals surface area contributed by atoms with Gasteiger partial charge >= 0.3 is 12.2 Å². The Morgan fingerprint density at radius 2 is 2.06 bits per heavy atom. The van der Waals surface area contributed by atoms with Crippen LogP contribution in [0.5, 0.6) is 0 Å². The predicted octanol–water partition coefficient (Wildman–Crippen LogP) is 2.97. The van der Waals surface area contributed by atoms with Crippen LogP contribution in [-0.4, -0.2) is 63.2 Å². The zero-order chi connectivity index (χ0) is 24.2. The minimum absolute atomic E-state index is 0.0919. The molecule has 0 saturated carbocycles. The quantitative estimate of drug-likeness (QED) is 0.537. The maximum Gasteiger partial charge on any atom is 0.408 e. The van der Waals surface area contributed by atoms with Crippen molar-refractivity contribution in [1.29, 1.82) is 0 Å². The summed E-state index contributed by atoms with van der Waals surface area (Å²) in [5.41, 5.74) is 1.96. The van der Waals surface area contributed by atoms with Crippen LogP contribution in [0.1, 0.15) is 29.4 Å². The number of fused-ring (bicyclic) bond motifs is 5. The van der Waals surface area contributed by atoms with Gasteiger partial charge in [0.25, 0.3) is 5.91 Å². The number of alkyl halides is 3. The van der Waals surface area contributed by atoms with Crippen LogP contribution in [0.2, 0.25) is 0 Å². The lowest BCUT2D eigenvalue weighted by Crippen LogP contribution is -2.49. The van der Waals surface area contributed by atoms with Gasteiger partial charge in [0.2, 0.25) is 5.95 Å². The number of aromatic nitrogens is 4. The molecule has 3 aromatic rings. The lowest BCUT2D eigenvalue weighted by molar-refractivity contribution is -0.149. The van der Waals surface area contributed by atoms with Gasteiger partial charge in [-0.3, -0.25) is 15.0 Å². The molecule has 34 heavy (non-hydrogen) atoms. The normalized spacial score (nSPS) is 18.1. The van der Waals surface area contributed by atoms with E-state index in [0.29, 0.717) is 30.8 Å². The molecule has 0 spiro atoms. The number of amides is 3. The lowest BCUT2D eigenvalue weighted by Gasteiger charge is -2.35. The van der Waals surface area contributed by atoms with Gasteiger partial charge in [0.05, 0.1) is 11.7 Å². The first-order valence-corrected chi connectivity index (χ1v) is 10.7. The number of aryl methyl sites for hydroxylation is 1. The van der Waals surface area contributed by atoms with Gasteiger partial charge in [-0.25, -0.2) is 14.8 Å². The van der Waals surface area contributed by atoms with E-state index in [2.05, 4.69) is 25.3 Å². The SMILES string of the molecule is Cc1c[nH]c2nc(NC(=O)N3c4nc(C(=O)NC(C)C(F)(F)F)ccc4N4CC[C@H]3C4)ncc12. The molecule has 2 bridgehead atoms. The first-order chi connectivity index (χ1) is 16.1. The topological polar surface area (TPSA) is 119 Å². The molecular formula is C21H21F3N8O2. The van der Waals surface area contributed by atoms with Gasteiger partial charge in [-0.15, -0.1) is 0 Å². The highest BCUT2D eigenvalue weighted by molar-refractivity contribution is 6.05. The number of carbonyl (C=O) groups excluding carboxylic acids is 2. The number of hydrogen-bond donors (Lipinski definition) is 3. The molecule has 5 heterocycles. The van der Waals surface area contributed by atoms with E-state index in [1.807, 2.05) is 17.1 Å². The molecule has 2 aliphatic rings. The smallest absolute Gasteiger partial charge is 0.366 e. The molecule has 5 rings (SSSR count). The maximum atomic E-state index is 13.3. The van der Waals surface area contributed by atoms with Gasteiger partial charge in [0.15, 0.2) is 5.82 Å². The minimum Gasteiger partial charge on any atom is -0.366 e. The van der Waals surface area contributed by atoms with E-state index < -0.39 is 24.2 Å². The fourth-order valence-corrected chi connectivity index (χ4v) is 4.20. The van der Waals surface area contributed by atoms with Gasteiger partial charge < -0.3 is 15.2 Å². The van der Waals surface area contributed by atoms with Crippen molar-refractivity contribution in [3.63, 3.8) is 0 Å². The predicted molar refractivity (Wildman–Crippen MR) is 118 cm³/mol. The number of halogens is 3. The summed E-state index contributed by atoms with van der Waals surface area (Å²) < 4.78 is 38.6. The van der Waals surface area contributed by atoms with Crippen LogP contribution in [0.25, 0.3) is 11.0 Å². The van der Waals surface area contributed by atoms with Crippen molar-refractivity contribution in [3.8, 4) is 0 Å². The molecule has 13 heteroatoms. The van der Waals surface area contributed by atoms with E-state index in [1.165, 1.54) is 11.0 Å². The second kappa shape index (κ2) is 7.85. The molecule has 0 radical (unpaired) electrons. The summed E-state index contributed by atoms with van der Waals surface area (Å²) in [7, 11) is 0. The Labute approximate surface area is 191 Å². The Kier molecular flexibility index (Phi) is 5.06. The average molecular weight is 474 g/mol. The summed E-state index contributed by atoms with van der Waals surface area (Å²) in [5.74, 6) is -0.679. The second-order valence-corrected chi connectivity index (χ2v) is 8.39. The lowest BCUT2D eigenvalue weighted by atomic mass is 10.1. The molecule has 3 aromatic heterocycles. The third-order valence-electron chi connectivity index (χ3n) is 6.10. The van der Waals surface area contributed by atoms with E-state index in [-0.39, 0.29) is 23.5 Å². The fourth-order valence-electron chi connectivity index (χ4n) is 4.20. The first kappa shape index (κ1) is 21.9. The molecule has 0 aliphatic carbocycles. The Hall–Kier alpha value is -3.90. The summed E-state index contributed by atoms with van der Waals surface area (Å²) in [4.78, 5) is 45.0. The van der Waals surface area contributed by atoms with Crippen molar-refractivity contribution < 1.29 is 22.8 Å². The largest absolute Gasteiger partial charge is 0.408 e. The first-order valence-electron chi connectivity index (χ1n) is 10.7. The molecule has 1 unspecified atom stereocenters. The van der Waals surface area contributed by atoms with Crippen molar-refractivity contribution in [1.82, 2.24) is 25.3 Å². The van der Waals surface area contributed by atoms with Gasteiger partial charge in [-0.05, 0) is 38.0 Å². The van der Waals surface area contributed by atoms with E-state index in [4.69, 9.17) is 0 Å². The minimum atomic E-state index is -4.58. The molecule has 1 fully saturated rings. The van der Waals surface area contributed by atoms with Crippen LogP contribution in [0.15, 0.2) is 24.5 Å². The highest BCUT2D eigenvalue weighted by Gasteiger charge is 2.41. The Bertz CT molecular complexity index is 1290.